The Kier molecular flexibility index (Phi) is 2.91. The van der Waals surface area contributed by atoms with Crippen LogP contribution in [-0.2, 0) is 28.5 Å². The summed E-state index contributed by atoms with van der Waals surface area (Å²) in [4.78, 5) is 23.9. The molecule has 0 aromatic rings. The molecule has 0 aromatic carbocycles. The van der Waals surface area contributed by atoms with Crippen LogP contribution in [0.3, 0.4) is 0 Å². The Bertz CT molecular complexity index is 859. The zero-order chi connectivity index (χ0) is 19.9. The Hall–Kier alpha value is -1.40. The molecule has 0 amide bonds. The molecule has 152 valence electrons. The highest BCUT2D eigenvalue weighted by atomic mass is 16.8. The predicted octanol–water partition coefficient (Wildman–Crippen LogP) is 2.89. The Labute approximate surface area is 164 Å². The van der Waals surface area contributed by atoms with Crippen molar-refractivity contribution in [3.8, 4) is 0 Å². The maximum Gasteiger partial charge on any atom is 0.336 e. The van der Waals surface area contributed by atoms with Crippen molar-refractivity contribution in [2.45, 2.75) is 90.0 Å². The first-order chi connectivity index (χ1) is 13.1. The Morgan fingerprint density at radius 2 is 1.89 bits per heavy atom. The van der Waals surface area contributed by atoms with Gasteiger partial charge in [0.05, 0.1) is 0 Å². The second kappa shape index (κ2) is 4.67. The van der Waals surface area contributed by atoms with Crippen LogP contribution in [0.2, 0.25) is 0 Å². The van der Waals surface area contributed by atoms with E-state index in [0.29, 0.717) is 11.5 Å². The van der Waals surface area contributed by atoms with Crippen LogP contribution in [0.4, 0.5) is 0 Å². The lowest BCUT2D eigenvalue weighted by Gasteiger charge is -2.61. The van der Waals surface area contributed by atoms with Crippen LogP contribution in [0.15, 0.2) is 11.1 Å². The average Bonchev–Trinajstić information content (AvgIpc) is 3.45. The maximum atomic E-state index is 12.3. The first-order valence-electron chi connectivity index (χ1n) is 10.6. The maximum absolute atomic E-state index is 12.3. The third-order valence-electron chi connectivity index (χ3n) is 9.08. The number of hydrogen-bond acceptors (Lipinski definition) is 6. The molecule has 3 aliphatic heterocycles. The van der Waals surface area contributed by atoms with Gasteiger partial charge < -0.3 is 18.9 Å². The van der Waals surface area contributed by atoms with Gasteiger partial charge in [0, 0.05) is 29.4 Å². The highest BCUT2D eigenvalue weighted by molar-refractivity contribution is 5.93. The lowest BCUT2D eigenvalue weighted by molar-refractivity contribution is -0.186. The highest BCUT2D eigenvalue weighted by Crippen LogP contribution is 2.78. The topological polar surface area (TPSA) is 77.7 Å². The molecule has 0 N–H and O–H groups in total. The second-order valence-corrected chi connectivity index (χ2v) is 10.6. The van der Waals surface area contributed by atoms with Gasteiger partial charge in [-0.2, -0.15) is 0 Å². The van der Waals surface area contributed by atoms with E-state index < -0.39 is 5.79 Å². The third-order valence-corrected chi connectivity index (χ3v) is 9.08. The molecule has 8 unspecified atom stereocenters. The van der Waals surface area contributed by atoms with Crippen LogP contribution in [0.1, 0.15) is 60.3 Å². The van der Waals surface area contributed by atoms with Crippen LogP contribution in [0.5, 0.6) is 0 Å². The van der Waals surface area contributed by atoms with Crippen molar-refractivity contribution >= 4 is 11.9 Å². The number of carbonyl (C=O) groups excluding carboxylic acids is 2. The molecule has 5 fully saturated rings. The molecule has 3 saturated carbocycles. The first-order valence-corrected chi connectivity index (χ1v) is 10.6. The largest absolute Gasteiger partial charge is 0.462 e. The zero-order valence-electron chi connectivity index (χ0n) is 17.2. The lowest BCUT2D eigenvalue weighted by Crippen LogP contribution is -2.62. The van der Waals surface area contributed by atoms with Gasteiger partial charge in [0.2, 0.25) is 0 Å². The van der Waals surface area contributed by atoms with Crippen LogP contribution in [-0.4, -0.2) is 41.6 Å². The van der Waals surface area contributed by atoms with E-state index in [9.17, 15) is 9.59 Å². The molecule has 0 aromatic heterocycles. The minimum absolute atomic E-state index is 0.00422. The van der Waals surface area contributed by atoms with Crippen molar-refractivity contribution in [1.29, 1.82) is 0 Å². The van der Waals surface area contributed by atoms with E-state index in [4.69, 9.17) is 18.9 Å². The first kappa shape index (κ1) is 17.5. The van der Waals surface area contributed by atoms with Crippen LogP contribution >= 0.6 is 0 Å². The van der Waals surface area contributed by atoms with Gasteiger partial charge in [-0.25, -0.2) is 4.79 Å². The van der Waals surface area contributed by atoms with Gasteiger partial charge in [-0.3, -0.25) is 4.79 Å². The number of fused-ring (bicyclic) bond motifs is 4. The summed E-state index contributed by atoms with van der Waals surface area (Å²) in [7, 11) is 0. The predicted molar refractivity (Wildman–Crippen MR) is 96.9 cm³/mol. The number of ether oxygens (including phenoxy) is 4. The van der Waals surface area contributed by atoms with Gasteiger partial charge in [0.15, 0.2) is 0 Å². The summed E-state index contributed by atoms with van der Waals surface area (Å²) in [6.07, 6.45) is 3.58. The van der Waals surface area contributed by atoms with Gasteiger partial charge in [0.1, 0.15) is 23.9 Å². The van der Waals surface area contributed by atoms with E-state index >= 15 is 0 Å². The molecule has 6 aliphatic rings. The zero-order valence-corrected chi connectivity index (χ0v) is 17.2. The van der Waals surface area contributed by atoms with Gasteiger partial charge >= 0.3 is 11.9 Å². The normalized spacial score (nSPS) is 54.5. The highest BCUT2D eigenvalue weighted by Gasteiger charge is 2.88. The standard InChI is InChI=1S/C22H28O6/c1-10-14-16-21(26-16)9-6-12-19(3,4)13(25-11(2)23)7-8-20(12,5)15(21)17-22(14,27-17)28-18(10)24/h12-13,15-17H,6-9H2,1-5H3. The van der Waals surface area contributed by atoms with Crippen LogP contribution in [0, 0.1) is 22.7 Å². The van der Waals surface area contributed by atoms with E-state index in [1.165, 1.54) is 6.92 Å². The summed E-state index contributed by atoms with van der Waals surface area (Å²) in [5, 5.41) is 0. The minimum atomic E-state index is -0.863. The molecule has 0 radical (unpaired) electrons. The monoisotopic (exact) mass is 388 g/mol. The fourth-order valence-electron chi connectivity index (χ4n) is 7.91. The average molecular weight is 388 g/mol. The Morgan fingerprint density at radius 3 is 2.61 bits per heavy atom. The number of hydrogen-bond donors (Lipinski definition) is 0. The molecule has 3 heterocycles. The molecule has 6 rings (SSSR count). The summed E-state index contributed by atoms with van der Waals surface area (Å²) in [6, 6.07) is 0. The molecule has 28 heavy (non-hydrogen) atoms. The van der Waals surface area contributed by atoms with Gasteiger partial charge in [0.25, 0.3) is 5.79 Å². The van der Waals surface area contributed by atoms with Gasteiger partial charge in [-0.05, 0) is 43.9 Å². The van der Waals surface area contributed by atoms with Gasteiger partial charge in [-0.15, -0.1) is 0 Å². The van der Waals surface area contributed by atoms with Crippen molar-refractivity contribution in [3.63, 3.8) is 0 Å². The number of rotatable bonds is 1. The number of epoxide rings is 2. The number of esters is 2. The summed E-state index contributed by atoms with van der Waals surface area (Å²) < 4.78 is 24.1. The summed E-state index contributed by atoms with van der Waals surface area (Å²) in [5.74, 6) is -0.738. The van der Waals surface area contributed by atoms with Crippen molar-refractivity contribution in [2.24, 2.45) is 22.7 Å². The second-order valence-electron chi connectivity index (χ2n) is 10.6. The summed E-state index contributed by atoms with van der Waals surface area (Å²) in [6.45, 7) is 10.2. The van der Waals surface area contributed by atoms with E-state index in [-0.39, 0.29) is 52.6 Å². The van der Waals surface area contributed by atoms with Crippen molar-refractivity contribution in [3.05, 3.63) is 11.1 Å². The minimum Gasteiger partial charge on any atom is -0.462 e. The fraction of sp³-hybridized carbons (Fsp3) is 0.818. The van der Waals surface area contributed by atoms with E-state index in [2.05, 4.69) is 20.8 Å². The molecule has 6 nitrogen and oxygen atoms in total. The van der Waals surface area contributed by atoms with Gasteiger partial charge in [-0.1, -0.05) is 20.8 Å². The van der Waals surface area contributed by atoms with Crippen LogP contribution in [0.25, 0.3) is 0 Å². The molecule has 3 aliphatic carbocycles. The smallest absolute Gasteiger partial charge is 0.336 e. The summed E-state index contributed by atoms with van der Waals surface area (Å²) in [5.41, 5.74) is 1.29. The van der Waals surface area contributed by atoms with Crippen molar-refractivity contribution < 1.29 is 28.5 Å². The Balaban J connectivity index is 1.40. The number of carbonyl (C=O) groups is 2. The van der Waals surface area contributed by atoms with E-state index in [1.54, 1.807) is 0 Å². The molecular formula is C22H28O6. The molecule has 0 bridgehead atoms. The quantitative estimate of drug-likeness (QED) is 0.508. The van der Waals surface area contributed by atoms with E-state index in [1.807, 2.05) is 6.92 Å². The molecule has 6 heteroatoms. The molecule has 2 spiro atoms. The fourth-order valence-corrected chi connectivity index (χ4v) is 7.91. The lowest BCUT2D eigenvalue weighted by atomic mass is 9.43. The third kappa shape index (κ3) is 1.71. The van der Waals surface area contributed by atoms with Crippen molar-refractivity contribution in [1.82, 2.24) is 0 Å². The molecular weight excluding hydrogens is 360 g/mol. The summed E-state index contributed by atoms with van der Waals surface area (Å²) >= 11 is 0. The SMILES string of the molecule is CC(=O)OC1CCC2(C)C(CCC34OC3C3=C(C)C(=O)OC35OC5C24)C1(C)C. The molecule has 2 saturated heterocycles. The van der Waals surface area contributed by atoms with Crippen LogP contribution < -0.4 is 0 Å². The van der Waals surface area contributed by atoms with Crippen molar-refractivity contribution in [2.75, 3.05) is 0 Å². The Morgan fingerprint density at radius 1 is 1.14 bits per heavy atom. The molecule has 8 atom stereocenters. The van der Waals surface area contributed by atoms with E-state index in [0.717, 1.165) is 31.3 Å².